The van der Waals surface area contributed by atoms with E-state index in [1.54, 1.807) is 6.92 Å². The van der Waals surface area contributed by atoms with Gasteiger partial charge in [-0.1, -0.05) is 90.6 Å². The Morgan fingerprint density at radius 1 is 0.969 bits per heavy atom. The molecule has 3 heteroatoms. The Morgan fingerprint density at radius 3 is 1.84 bits per heavy atom. The van der Waals surface area contributed by atoms with Gasteiger partial charge in [0.25, 0.3) is 0 Å². The van der Waals surface area contributed by atoms with Crippen molar-refractivity contribution in [3.05, 3.63) is 46.7 Å². The fraction of sp³-hybridized carbons (Fsp3) is 0.621. The van der Waals surface area contributed by atoms with E-state index in [0.29, 0.717) is 12.0 Å². The number of benzene rings is 1. The van der Waals surface area contributed by atoms with E-state index in [1.165, 1.54) is 37.3 Å². The van der Waals surface area contributed by atoms with Crippen molar-refractivity contribution in [2.24, 2.45) is 10.9 Å². The third-order valence-corrected chi connectivity index (χ3v) is 5.21. The minimum atomic E-state index is -0.121. The van der Waals surface area contributed by atoms with Crippen LogP contribution in [0.15, 0.2) is 40.5 Å². The molecular weight excluding hydrogens is 394 g/mol. The first-order chi connectivity index (χ1) is 15.2. The number of rotatable bonds is 8. The highest BCUT2D eigenvalue weighted by atomic mass is 16.1. The van der Waals surface area contributed by atoms with Crippen molar-refractivity contribution < 1.29 is 9.59 Å². The van der Waals surface area contributed by atoms with Crippen LogP contribution in [-0.2, 0) is 16.0 Å². The highest BCUT2D eigenvalue weighted by Gasteiger charge is 2.12. The summed E-state index contributed by atoms with van der Waals surface area (Å²) in [5, 5.41) is 0. The molecule has 0 spiro atoms. The normalized spacial score (nSPS) is 13.6. The number of carbonyl (C=O) groups excluding carboxylic acids is 2. The Labute approximate surface area is 198 Å². The number of hydrogen-bond acceptors (Lipinski definition) is 3. The van der Waals surface area contributed by atoms with E-state index in [0.717, 1.165) is 30.2 Å². The van der Waals surface area contributed by atoms with Gasteiger partial charge >= 0.3 is 0 Å². The summed E-state index contributed by atoms with van der Waals surface area (Å²) in [5.41, 5.74) is 4.96. The topological polar surface area (TPSA) is 46.5 Å². The molecule has 3 nitrogen and oxygen atoms in total. The molecule has 0 unspecified atom stereocenters. The summed E-state index contributed by atoms with van der Waals surface area (Å²) >= 11 is 0. The maximum atomic E-state index is 12.0. The maximum absolute atomic E-state index is 12.0. The summed E-state index contributed by atoms with van der Waals surface area (Å²) in [4.78, 5) is 27.7. The summed E-state index contributed by atoms with van der Waals surface area (Å²) in [5.74, 6) is 0.837. The fourth-order valence-electron chi connectivity index (χ4n) is 2.93. The van der Waals surface area contributed by atoms with Crippen LogP contribution in [0, 0.1) is 12.8 Å². The van der Waals surface area contributed by atoms with Gasteiger partial charge in [0.05, 0.1) is 6.42 Å². The molecular formula is C29H49NO2. The van der Waals surface area contributed by atoms with Gasteiger partial charge in [-0.3, -0.25) is 14.6 Å². The molecule has 0 bridgehead atoms. The summed E-state index contributed by atoms with van der Waals surface area (Å²) < 4.78 is 0. The summed E-state index contributed by atoms with van der Waals surface area (Å²) in [7, 11) is 0. The van der Waals surface area contributed by atoms with Crippen molar-refractivity contribution in [3.63, 3.8) is 0 Å². The van der Waals surface area contributed by atoms with Crippen LogP contribution in [-0.4, -0.2) is 17.3 Å². The molecule has 0 N–H and O–H groups in total. The number of allylic oxidation sites excluding steroid dienone is 2. The maximum Gasteiger partial charge on any atom is 0.167 e. The lowest BCUT2D eigenvalue weighted by atomic mass is 9.88. The van der Waals surface area contributed by atoms with Gasteiger partial charge in [-0.2, -0.15) is 0 Å². The number of nitrogens with zero attached hydrogens (tertiary/aromatic N) is 1. The van der Waals surface area contributed by atoms with E-state index in [4.69, 9.17) is 0 Å². The van der Waals surface area contributed by atoms with Gasteiger partial charge < -0.3 is 0 Å². The highest BCUT2D eigenvalue weighted by molar-refractivity contribution is 6.07. The zero-order valence-corrected chi connectivity index (χ0v) is 22.6. The molecule has 0 aromatic heterocycles. The number of aliphatic imine (C=N–C) groups is 1. The van der Waals surface area contributed by atoms with Crippen LogP contribution < -0.4 is 0 Å². The van der Waals surface area contributed by atoms with E-state index in [1.807, 2.05) is 41.5 Å². The summed E-state index contributed by atoms with van der Waals surface area (Å²) in [6.45, 7) is 19.6. The second-order valence-corrected chi connectivity index (χ2v) is 8.10. The lowest BCUT2D eigenvalue weighted by molar-refractivity contribution is -0.123. The minimum absolute atomic E-state index is 0.0345. The van der Waals surface area contributed by atoms with Crippen LogP contribution in [0.25, 0.3) is 0 Å². The monoisotopic (exact) mass is 443 g/mol. The third-order valence-electron chi connectivity index (χ3n) is 5.21. The Kier molecular flexibility index (Phi) is 19.7. The molecule has 2 rings (SSSR count). The average molecular weight is 444 g/mol. The largest absolute Gasteiger partial charge is 0.300 e. The summed E-state index contributed by atoms with van der Waals surface area (Å²) in [6.07, 6.45) is 6.92. The molecule has 0 heterocycles. The number of Topliss-reactive ketones (excluding diaryl/α,β-unsaturated/α-hetero) is 2. The van der Waals surface area contributed by atoms with Crippen LogP contribution in [0.5, 0.6) is 0 Å². The highest BCUT2D eigenvalue weighted by Crippen LogP contribution is 2.24. The Hall–Kier alpha value is -2.03. The van der Waals surface area contributed by atoms with E-state index in [2.05, 4.69) is 43.1 Å². The third kappa shape index (κ3) is 14.9. The standard InChI is InChI=1S/C20H27NO2.C5H10.2C2H6/c1-6-19(17(5)20(23)13-16(4)22)21-15(3)9-12-18-10-7-14(2)8-11-18;1-5-3-2-4-5;2*1-2/h7-8,10-11H,6,9,12-13H2,1-5H3;5H,2-4H2,1H3;2*1-2H3/b19-17+,21-15?;;;. The lowest BCUT2D eigenvalue weighted by Gasteiger charge is -2.18. The first-order valence-corrected chi connectivity index (χ1v) is 12.5. The second kappa shape index (κ2) is 19.6. The Bertz CT molecular complexity index is 707. The van der Waals surface area contributed by atoms with E-state index < -0.39 is 0 Å². The SMILES string of the molecule is CC.CC.CC/C(N=C(C)CCc1ccc(C)cc1)=C(/C)C(=O)CC(C)=O.CC1CCC1. The molecule has 182 valence electrons. The average Bonchev–Trinajstić information content (AvgIpc) is 2.78. The molecule has 1 aromatic rings. The number of hydrogen-bond donors (Lipinski definition) is 0. The zero-order valence-electron chi connectivity index (χ0n) is 22.6. The number of ketones is 2. The van der Waals surface area contributed by atoms with Gasteiger partial charge in [0, 0.05) is 17.0 Å². The van der Waals surface area contributed by atoms with E-state index in [-0.39, 0.29) is 18.0 Å². The predicted molar refractivity (Wildman–Crippen MR) is 142 cm³/mol. The van der Waals surface area contributed by atoms with Crippen LogP contribution in [0.4, 0.5) is 0 Å². The molecule has 0 aliphatic heterocycles. The number of carbonyl (C=O) groups is 2. The first kappa shape index (κ1) is 32.2. The minimum Gasteiger partial charge on any atom is -0.300 e. The molecule has 0 saturated heterocycles. The van der Waals surface area contributed by atoms with Crippen molar-refractivity contribution in [2.45, 2.75) is 114 Å². The van der Waals surface area contributed by atoms with Gasteiger partial charge in [0.2, 0.25) is 0 Å². The molecule has 0 amide bonds. The smallest absolute Gasteiger partial charge is 0.167 e. The molecule has 1 aliphatic carbocycles. The van der Waals surface area contributed by atoms with Crippen LogP contribution in [0.2, 0.25) is 0 Å². The molecule has 1 aliphatic rings. The van der Waals surface area contributed by atoms with Crippen molar-refractivity contribution in [2.75, 3.05) is 0 Å². The van der Waals surface area contributed by atoms with Crippen molar-refractivity contribution in [3.8, 4) is 0 Å². The quantitative estimate of drug-likeness (QED) is 0.230. The van der Waals surface area contributed by atoms with Crippen LogP contribution in [0.3, 0.4) is 0 Å². The predicted octanol–water partition coefficient (Wildman–Crippen LogP) is 8.48. The van der Waals surface area contributed by atoms with Gasteiger partial charge in [-0.15, -0.1) is 0 Å². The zero-order chi connectivity index (χ0) is 25.1. The molecule has 1 saturated carbocycles. The van der Waals surface area contributed by atoms with Crippen molar-refractivity contribution >= 4 is 17.3 Å². The van der Waals surface area contributed by atoms with Gasteiger partial charge in [-0.05, 0) is 58.4 Å². The van der Waals surface area contributed by atoms with Gasteiger partial charge in [0.15, 0.2) is 5.78 Å². The second-order valence-electron chi connectivity index (χ2n) is 8.10. The summed E-state index contributed by atoms with van der Waals surface area (Å²) in [6, 6.07) is 8.51. The molecule has 1 aromatic carbocycles. The van der Waals surface area contributed by atoms with Crippen LogP contribution in [0.1, 0.15) is 112 Å². The molecule has 0 radical (unpaired) electrons. The molecule has 0 atom stereocenters. The van der Waals surface area contributed by atoms with Gasteiger partial charge in [-0.25, -0.2) is 0 Å². The van der Waals surface area contributed by atoms with Crippen LogP contribution >= 0.6 is 0 Å². The number of aryl methyl sites for hydroxylation is 2. The Morgan fingerprint density at radius 2 is 1.47 bits per heavy atom. The van der Waals surface area contributed by atoms with E-state index in [9.17, 15) is 9.59 Å². The van der Waals surface area contributed by atoms with Crippen molar-refractivity contribution in [1.29, 1.82) is 0 Å². The van der Waals surface area contributed by atoms with Crippen molar-refractivity contribution in [1.82, 2.24) is 0 Å². The molecule has 1 fully saturated rings. The lowest BCUT2D eigenvalue weighted by Crippen LogP contribution is -2.08. The van der Waals surface area contributed by atoms with E-state index >= 15 is 0 Å². The molecule has 32 heavy (non-hydrogen) atoms. The Balaban J connectivity index is 0. The van der Waals surface area contributed by atoms with Gasteiger partial charge in [0.1, 0.15) is 5.78 Å². The first-order valence-electron chi connectivity index (χ1n) is 12.5. The fourth-order valence-corrected chi connectivity index (χ4v) is 2.93.